The van der Waals surface area contributed by atoms with E-state index >= 15 is 0 Å². The number of aromatic nitrogens is 1. The molecule has 0 bridgehead atoms. The molecule has 0 saturated heterocycles. The third-order valence-electron chi connectivity index (χ3n) is 2.61. The second kappa shape index (κ2) is 5.07. The van der Waals surface area contributed by atoms with Gasteiger partial charge in [0.1, 0.15) is 0 Å². The Morgan fingerprint density at radius 1 is 1.26 bits per heavy atom. The zero-order chi connectivity index (χ0) is 14.0. The maximum Gasteiger partial charge on any atom is 0.263 e. The van der Waals surface area contributed by atoms with Crippen molar-refractivity contribution in [3.8, 4) is 0 Å². The molecule has 0 radical (unpaired) electrons. The molecule has 19 heavy (non-hydrogen) atoms. The van der Waals surface area contributed by atoms with Crippen molar-refractivity contribution >= 4 is 33.1 Å². The predicted octanol–water partition coefficient (Wildman–Crippen LogP) is 2.43. The zero-order valence-corrected chi connectivity index (χ0v) is 11.7. The summed E-state index contributed by atoms with van der Waals surface area (Å²) in [5.74, 6) is 0.0889. The molecule has 1 aromatic carbocycles. The van der Waals surface area contributed by atoms with E-state index in [2.05, 4.69) is 9.71 Å². The van der Waals surface area contributed by atoms with Crippen molar-refractivity contribution in [3.05, 3.63) is 47.1 Å². The van der Waals surface area contributed by atoms with Gasteiger partial charge in [-0.15, -0.1) is 0 Å². The maximum absolute atomic E-state index is 12.3. The number of benzene rings is 1. The number of sulfonamides is 1. The Kier molecular flexibility index (Phi) is 3.64. The summed E-state index contributed by atoms with van der Waals surface area (Å²) in [5.41, 5.74) is 6.61. The van der Waals surface area contributed by atoms with Crippen LogP contribution in [0.3, 0.4) is 0 Å². The molecule has 7 heteroatoms. The number of nitrogens with zero attached hydrogens (tertiary/aromatic N) is 1. The first-order valence-corrected chi connectivity index (χ1v) is 7.26. The summed E-state index contributed by atoms with van der Waals surface area (Å²) in [6.45, 7) is 1.64. The largest absolute Gasteiger partial charge is 0.398 e. The van der Waals surface area contributed by atoms with Crippen LogP contribution in [0.25, 0.3) is 0 Å². The molecule has 100 valence electrons. The molecule has 0 aliphatic rings. The number of anilines is 2. The average Bonchev–Trinajstić information content (AvgIpc) is 2.35. The van der Waals surface area contributed by atoms with Gasteiger partial charge in [-0.05, 0) is 36.8 Å². The number of hydrogen-bond donors (Lipinski definition) is 2. The lowest BCUT2D eigenvalue weighted by molar-refractivity contribution is 0.600. The van der Waals surface area contributed by atoms with E-state index < -0.39 is 10.0 Å². The number of rotatable bonds is 3. The van der Waals surface area contributed by atoms with Gasteiger partial charge in [0.25, 0.3) is 10.0 Å². The molecular formula is C12H12ClN3O2S. The quantitative estimate of drug-likeness (QED) is 0.852. The van der Waals surface area contributed by atoms with Crippen molar-refractivity contribution < 1.29 is 8.42 Å². The van der Waals surface area contributed by atoms with Gasteiger partial charge in [-0.2, -0.15) is 0 Å². The van der Waals surface area contributed by atoms with Gasteiger partial charge in [0.15, 0.2) is 5.82 Å². The normalized spacial score (nSPS) is 11.3. The molecular weight excluding hydrogens is 286 g/mol. The van der Waals surface area contributed by atoms with Crippen LogP contribution >= 0.6 is 11.6 Å². The Morgan fingerprint density at radius 3 is 2.68 bits per heavy atom. The van der Waals surface area contributed by atoms with Crippen LogP contribution in [0.5, 0.6) is 0 Å². The molecule has 0 spiro atoms. The molecule has 1 heterocycles. The highest BCUT2D eigenvalue weighted by Gasteiger charge is 2.19. The van der Waals surface area contributed by atoms with Gasteiger partial charge in [0.05, 0.1) is 9.92 Å². The summed E-state index contributed by atoms with van der Waals surface area (Å²) in [7, 11) is -3.77. The second-order valence-electron chi connectivity index (χ2n) is 3.91. The van der Waals surface area contributed by atoms with Gasteiger partial charge < -0.3 is 5.73 Å². The molecule has 0 atom stereocenters. The number of pyridine rings is 1. The van der Waals surface area contributed by atoms with Gasteiger partial charge >= 0.3 is 0 Å². The fraction of sp³-hybridized carbons (Fsp3) is 0.0833. The van der Waals surface area contributed by atoms with Crippen LogP contribution in [0, 0.1) is 6.92 Å². The second-order valence-corrected chi connectivity index (χ2v) is 5.97. The Balaban J connectivity index is 2.44. The summed E-state index contributed by atoms with van der Waals surface area (Å²) in [5, 5.41) is 0.229. The van der Waals surface area contributed by atoms with E-state index in [9.17, 15) is 8.42 Å². The molecule has 0 aliphatic carbocycles. The van der Waals surface area contributed by atoms with E-state index in [-0.39, 0.29) is 15.7 Å². The lowest BCUT2D eigenvalue weighted by atomic mass is 10.2. The van der Waals surface area contributed by atoms with E-state index in [4.69, 9.17) is 17.3 Å². The van der Waals surface area contributed by atoms with Crippen LogP contribution in [0.15, 0.2) is 41.4 Å². The predicted molar refractivity (Wildman–Crippen MR) is 75.6 cm³/mol. The standard InChI is InChI=1S/C12H12ClN3O2S/c1-8-10(14)5-2-6-11(8)19(17,18)16-12-9(13)4-3-7-15-12/h2-7H,14H2,1H3,(H,15,16). The van der Waals surface area contributed by atoms with Gasteiger partial charge in [0, 0.05) is 11.9 Å². The van der Waals surface area contributed by atoms with E-state index in [1.165, 1.54) is 12.3 Å². The summed E-state index contributed by atoms with van der Waals surface area (Å²) in [6.07, 6.45) is 1.45. The van der Waals surface area contributed by atoms with Crippen molar-refractivity contribution in [1.29, 1.82) is 0 Å². The topological polar surface area (TPSA) is 85.1 Å². The number of hydrogen-bond acceptors (Lipinski definition) is 4. The highest BCUT2D eigenvalue weighted by atomic mass is 35.5. The summed E-state index contributed by atoms with van der Waals surface area (Å²) >= 11 is 5.87. The van der Waals surface area contributed by atoms with Crippen LogP contribution in [0.1, 0.15) is 5.56 Å². The first-order valence-electron chi connectivity index (χ1n) is 5.40. The van der Waals surface area contributed by atoms with E-state index in [1.807, 2.05) is 0 Å². The SMILES string of the molecule is Cc1c(N)cccc1S(=O)(=O)Nc1ncccc1Cl. The lowest BCUT2D eigenvalue weighted by Gasteiger charge is -2.11. The van der Waals surface area contributed by atoms with Crippen LogP contribution in [-0.4, -0.2) is 13.4 Å². The van der Waals surface area contributed by atoms with Gasteiger partial charge in [-0.1, -0.05) is 17.7 Å². The van der Waals surface area contributed by atoms with E-state index in [0.29, 0.717) is 11.3 Å². The molecule has 0 saturated carbocycles. The molecule has 3 N–H and O–H groups in total. The molecule has 0 aliphatic heterocycles. The third-order valence-corrected chi connectivity index (χ3v) is 4.39. The van der Waals surface area contributed by atoms with Crippen molar-refractivity contribution in [3.63, 3.8) is 0 Å². The number of nitrogen functional groups attached to an aromatic ring is 1. The minimum absolute atomic E-state index is 0.0889. The molecule has 2 aromatic rings. The molecule has 5 nitrogen and oxygen atoms in total. The highest BCUT2D eigenvalue weighted by molar-refractivity contribution is 7.92. The zero-order valence-electron chi connectivity index (χ0n) is 10.1. The van der Waals surface area contributed by atoms with Gasteiger partial charge in [-0.3, -0.25) is 4.72 Å². The first-order chi connectivity index (χ1) is 8.92. The fourth-order valence-corrected chi connectivity index (χ4v) is 3.10. The maximum atomic E-state index is 12.3. The van der Waals surface area contributed by atoms with Crippen LogP contribution in [0.4, 0.5) is 11.5 Å². The molecule has 0 unspecified atom stereocenters. The van der Waals surface area contributed by atoms with Crippen LogP contribution in [0.2, 0.25) is 5.02 Å². The third kappa shape index (κ3) is 2.80. The van der Waals surface area contributed by atoms with Crippen LogP contribution < -0.4 is 10.5 Å². The molecule has 1 aromatic heterocycles. The van der Waals surface area contributed by atoms with Crippen molar-refractivity contribution in [1.82, 2.24) is 4.98 Å². The first kappa shape index (κ1) is 13.6. The van der Waals surface area contributed by atoms with E-state index in [0.717, 1.165) is 0 Å². The molecule has 0 amide bonds. The minimum atomic E-state index is -3.77. The van der Waals surface area contributed by atoms with Crippen molar-refractivity contribution in [2.75, 3.05) is 10.5 Å². The Labute approximate surface area is 116 Å². The Bertz CT molecular complexity index is 717. The highest BCUT2D eigenvalue weighted by Crippen LogP contribution is 2.25. The average molecular weight is 298 g/mol. The summed E-state index contributed by atoms with van der Waals surface area (Å²) < 4.78 is 26.9. The Morgan fingerprint density at radius 2 is 2.00 bits per heavy atom. The smallest absolute Gasteiger partial charge is 0.263 e. The Hall–Kier alpha value is -1.79. The molecule has 0 fully saturated rings. The van der Waals surface area contributed by atoms with Gasteiger partial charge in [0.2, 0.25) is 0 Å². The van der Waals surface area contributed by atoms with Gasteiger partial charge in [-0.25, -0.2) is 13.4 Å². The van der Waals surface area contributed by atoms with Crippen LogP contribution in [-0.2, 0) is 10.0 Å². The number of halogens is 1. The number of nitrogens with two attached hydrogens (primary N) is 1. The number of nitrogens with one attached hydrogen (secondary N) is 1. The monoisotopic (exact) mass is 297 g/mol. The van der Waals surface area contributed by atoms with E-state index in [1.54, 1.807) is 31.2 Å². The molecule has 2 rings (SSSR count). The van der Waals surface area contributed by atoms with Crippen molar-refractivity contribution in [2.24, 2.45) is 0 Å². The summed E-state index contributed by atoms with van der Waals surface area (Å²) in [4.78, 5) is 3.99. The summed E-state index contributed by atoms with van der Waals surface area (Å²) in [6, 6.07) is 7.87. The lowest BCUT2D eigenvalue weighted by Crippen LogP contribution is -2.16. The fourth-order valence-electron chi connectivity index (χ4n) is 1.57. The minimum Gasteiger partial charge on any atom is -0.398 e. The van der Waals surface area contributed by atoms with Crippen molar-refractivity contribution in [2.45, 2.75) is 11.8 Å².